The maximum absolute atomic E-state index is 5.52. The highest BCUT2D eigenvalue weighted by Crippen LogP contribution is 2.30. The van der Waals surface area contributed by atoms with Crippen molar-refractivity contribution in [3.63, 3.8) is 0 Å². The Morgan fingerprint density at radius 2 is 1.90 bits per heavy atom. The first kappa shape index (κ1) is 16.2. The van der Waals surface area contributed by atoms with E-state index in [1.165, 1.54) is 49.3 Å². The average Bonchev–Trinajstić information content (AvgIpc) is 2.44. The molecule has 0 aliphatic carbocycles. The molecule has 3 heteroatoms. The molecule has 0 amide bonds. The number of anilines is 1. The zero-order valence-electron chi connectivity index (χ0n) is 14.2. The molecule has 1 fully saturated rings. The SMILES string of the molecule is COc1c(C)ccc(NC2CCN(CC(C)C)CC2)c1C. The van der Waals surface area contributed by atoms with Gasteiger partial charge in [-0.25, -0.2) is 0 Å². The van der Waals surface area contributed by atoms with Crippen molar-refractivity contribution in [2.45, 2.75) is 46.6 Å². The van der Waals surface area contributed by atoms with Gasteiger partial charge in [0.2, 0.25) is 0 Å². The van der Waals surface area contributed by atoms with Crippen molar-refractivity contribution in [1.29, 1.82) is 0 Å². The minimum atomic E-state index is 0.583. The number of ether oxygens (including phenoxy) is 1. The number of nitrogens with one attached hydrogen (secondary N) is 1. The van der Waals surface area contributed by atoms with E-state index in [1.54, 1.807) is 7.11 Å². The van der Waals surface area contributed by atoms with Gasteiger partial charge in [-0.1, -0.05) is 19.9 Å². The van der Waals surface area contributed by atoms with Gasteiger partial charge in [0, 0.05) is 36.9 Å². The molecule has 3 nitrogen and oxygen atoms in total. The zero-order chi connectivity index (χ0) is 15.4. The van der Waals surface area contributed by atoms with Gasteiger partial charge in [0.15, 0.2) is 0 Å². The van der Waals surface area contributed by atoms with E-state index in [-0.39, 0.29) is 0 Å². The standard InChI is InChI=1S/C18H30N2O/c1-13(2)12-20-10-8-16(9-11-20)19-17-7-6-14(3)18(21-5)15(17)4/h6-7,13,16,19H,8-12H2,1-5H3. The van der Waals surface area contributed by atoms with Crippen LogP contribution in [0.1, 0.15) is 37.8 Å². The Bertz CT molecular complexity index is 463. The molecular formula is C18H30N2O. The molecule has 0 spiro atoms. The topological polar surface area (TPSA) is 24.5 Å². The largest absolute Gasteiger partial charge is 0.496 e. The van der Waals surface area contributed by atoms with E-state index in [2.05, 4.69) is 50.0 Å². The molecule has 1 aromatic carbocycles. The number of hydrogen-bond donors (Lipinski definition) is 1. The number of nitrogens with zero attached hydrogens (tertiary/aromatic N) is 1. The van der Waals surface area contributed by atoms with Crippen molar-refractivity contribution in [1.82, 2.24) is 4.90 Å². The number of piperidine rings is 1. The zero-order valence-corrected chi connectivity index (χ0v) is 14.2. The summed E-state index contributed by atoms with van der Waals surface area (Å²) >= 11 is 0. The molecule has 0 bridgehead atoms. The Hall–Kier alpha value is -1.22. The summed E-state index contributed by atoms with van der Waals surface area (Å²) in [6, 6.07) is 4.91. The lowest BCUT2D eigenvalue weighted by Crippen LogP contribution is -2.40. The highest BCUT2D eigenvalue weighted by atomic mass is 16.5. The first-order valence-corrected chi connectivity index (χ1v) is 8.14. The molecule has 1 N–H and O–H groups in total. The van der Waals surface area contributed by atoms with Crippen molar-refractivity contribution < 1.29 is 4.74 Å². The fourth-order valence-electron chi connectivity index (χ4n) is 3.29. The van der Waals surface area contributed by atoms with Crippen molar-refractivity contribution in [2.75, 3.05) is 32.1 Å². The summed E-state index contributed by atoms with van der Waals surface area (Å²) < 4.78 is 5.52. The highest BCUT2D eigenvalue weighted by Gasteiger charge is 2.20. The van der Waals surface area contributed by atoms with Crippen LogP contribution in [0.25, 0.3) is 0 Å². The first-order chi connectivity index (χ1) is 10.0. The normalized spacial score (nSPS) is 17.2. The number of methoxy groups -OCH3 is 1. The number of benzene rings is 1. The summed E-state index contributed by atoms with van der Waals surface area (Å²) in [7, 11) is 1.75. The van der Waals surface area contributed by atoms with Gasteiger partial charge in [0.05, 0.1) is 7.11 Å². The predicted molar refractivity (Wildman–Crippen MR) is 90.4 cm³/mol. The second-order valence-electron chi connectivity index (χ2n) is 6.70. The minimum Gasteiger partial charge on any atom is -0.496 e. The first-order valence-electron chi connectivity index (χ1n) is 8.14. The molecule has 0 saturated carbocycles. The second kappa shape index (κ2) is 7.17. The van der Waals surface area contributed by atoms with E-state index in [4.69, 9.17) is 4.74 Å². The van der Waals surface area contributed by atoms with Crippen molar-refractivity contribution in [3.8, 4) is 5.75 Å². The lowest BCUT2D eigenvalue weighted by molar-refractivity contribution is 0.198. The van der Waals surface area contributed by atoms with E-state index in [0.717, 1.165) is 11.7 Å². The van der Waals surface area contributed by atoms with Crippen LogP contribution in [0.2, 0.25) is 0 Å². The maximum atomic E-state index is 5.52. The quantitative estimate of drug-likeness (QED) is 0.891. The van der Waals surface area contributed by atoms with Crippen LogP contribution in [0.5, 0.6) is 5.75 Å². The number of likely N-dealkylation sites (tertiary alicyclic amines) is 1. The van der Waals surface area contributed by atoms with Gasteiger partial charge in [-0.2, -0.15) is 0 Å². The van der Waals surface area contributed by atoms with Gasteiger partial charge < -0.3 is 15.0 Å². The smallest absolute Gasteiger partial charge is 0.126 e. The van der Waals surface area contributed by atoms with Crippen LogP contribution in [0.3, 0.4) is 0 Å². The van der Waals surface area contributed by atoms with Crippen LogP contribution in [-0.4, -0.2) is 37.7 Å². The molecule has 21 heavy (non-hydrogen) atoms. The third-order valence-electron chi connectivity index (χ3n) is 4.38. The van der Waals surface area contributed by atoms with Crippen molar-refractivity contribution in [2.24, 2.45) is 5.92 Å². The molecule has 1 saturated heterocycles. The van der Waals surface area contributed by atoms with Crippen LogP contribution in [0, 0.1) is 19.8 Å². The van der Waals surface area contributed by atoms with Crippen LogP contribution < -0.4 is 10.1 Å². The Morgan fingerprint density at radius 1 is 1.24 bits per heavy atom. The van der Waals surface area contributed by atoms with Crippen LogP contribution in [0.15, 0.2) is 12.1 Å². The van der Waals surface area contributed by atoms with Crippen LogP contribution in [-0.2, 0) is 0 Å². The van der Waals surface area contributed by atoms with Crippen molar-refractivity contribution in [3.05, 3.63) is 23.3 Å². The number of aryl methyl sites for hydroxylation is 1. The summed E-state index contributed by atoms with van der Waals surface area (Å²) in [6.07, 6.45) is 2.45. The molecule has 1 aromatic rings. The average molecular weight is 290 g/mol. The Balaban J connectivity index is 1.95. The molecule has 0 radical (unpaired) electrons. The molecule has 2 rings (SSSR count). The molecule has 0 unspecified atom stereocenters. The Kier molecular flexibility index (Phi) is 5.51. The van der Waals surface area contributed by atoms with Gasteiger partial charge in [-0.3, -0.25) is 0 Å². The fourth-order valence-corrected chi connectivity index (χ4v) is 3.29. The number of hydrogen-bond acceptors (Lipinski definition) is 3. The van der Waals surface area contributed by atoms with E-state index < -0.39 is 0 Å². The molecule has 118 valence electrons. The summed E-state index contributed by atoms with van der Waals surface area (Å²) in [5.74, 6) is 1.77. The van der Waals surface area contributed by atoms with Crippen LogP contribution >= 0.6 is 0 Å². The molecule has 1 aliphatic heterocycles. The third kappa shape index (κ3) is 4.13. The maximum Gasteiger partial charge on any atom is 0.126 e. The lowest BCUT2D eigenvalue weighted by atomic mass is 10.0. The molecule has 1 heterocycles. The summed E-state index contributed by atoms with van der Waals surface area (Å²) in [4.78, 5) is 2.59. The second-order valence-corrected chi connectivity index (χ2v) is 6.70. The molecular weight excluding hydrogens is 260 g/mol. The van der Waals surface area contributed by atoms with Crippen molar-refractivity contribution >= 4 is 5.69 Å². The van der Waals surface area contributed by atoms with Crippen LogP contribution in [0.4, 0.5) is 5.69 Å². The third-order valence-corrected chi connectivity index (χ3v) is 4.38. The van der Waals surface area contributed by atoms with E-state index in [1.807, 2.05) is 0 Å². The summed E-state index contributed by atoms with van der Waals surface area (Å²) in [5, 5.41) is 3.72. The predicted octanol–water partition coefficient (Wildman–Crippen LogP) is 3.84. The van der Waals surface area contributed by atoms with Gasteiger partial charge in [-0.05, 0) is 44.2 Å². The number of rotatable bonds is 5. The van der Waals surface area contributed by atoms with Gasteiger partial charge >= 0.3 is 0 Å². The van der Waals surface area contributed by atoms with Gasteiger partial charge in [0.25, 0.3) is 0 Å². The van der Waals surface area contributed by atoms with E-state index >= 15 is 0 Å². The van der Waals surface area contributed by atoms with E-state index in [0.29, 0.717) is 6.04 Å². The van der Waals surface area contributed by atoms with E-state index in [9.17, 15) is 0 Å². The van der Waals surface area contributed by atoms with Gasteiger partial charge in [-0.15, -0.1) is 0 Å². The summed E-state index contributed by atoms with van der Waals surface area (Å²) in [6.45, 7) is 12.5. The Morgan fingerprint density at radius 3 is 2.48 bits per heavy atom. The monoisotopic (exact) mass is 290 g/mol. The molecule has 0 atom stereocenters. The molecule has 1 aliphatic rings. The van der Waals surface area contributed by atoms with Gasteiger partial charge in [0.1, 0.15) is 5.75 Å². The minimum absolute atomic E-state index is 0.583. The molecule has 0 aromatic heterocycles. The summed E-state index contributed by atoms with van der Waals surface area (Å²) in [5.41, 5.74) is 3.65. The fraction of sp³-hybridized carbons (Fsp3) is 0.667. The highest BCUT2D eigenvalue weighted by molar-refractivity contribution is 5.60. The Labute approximate surface area is 129 Å². The lowest BCUT2D eigenvalue weighted by Gasteiger charge is -2.34.